The van der Waals surface area contributed by atoms with Gasteiger partial charge in [0.05, 0.1) is 12.1 Å². The van der Waals surface area contributed by atoms with E-state index in [0.29, 0.717) is 0 Å². The second kappa shape index (κ2) is 7.42. The van der Waals surface area contributed by atoms with E-state index in [1.807, 2.05) is 37.0 Å². The third kappa shape index (κ3) is 4.31. The van der Waals surface area contributed by atoms with Crippen LogP contribution >= 0.6 is 0 Å². The number of phenols is 2. The van der Waals surface area contributed by atoms with E-state index in [2.05, 4.69) is 24.2 Å². The van der Waals surface area contributed by atoms with Crippen LogP contribution in [0, 0.1) is 0 Å². The fourth-order valence-corrected chi connectivity index (χ4v) is 2.31. The van der Waals surface area contributed by atoms with Gasteiger partial charge in [0.2, 0.25) is 11.9 Å². The average molecular weight is 333 g/mol. The molecular weight excluding hydrogens is 306 g/mol. The largest absolute Gasteiger partial charge is 0.504 e. The van der Waals surface area contributed by atoms with Crippen molar-refractivity contribution in [1.82, 2.24) is 15.1 Å². The lowest BCUT2D eigenvalue weighted by molar-refractivity contribution is 0.402. The average Bonchev–Trinajstić information content (AvgIpc) is 2.68. The maximum atomic E-state index is 9.59. The number of nitrogens with zero attached hydrogens (tertiary/aromatic N) is 4. The van der Waals surface area contributed by atoms with E-state index in [1.165, 1.54) is 6.07 Å². The third-order valence-corrected chi connectivity index (χ3v) is 4.13. The molecule has 0 bridgehead atoms. The van der Waals surface area contributed by atoms with E-state index in [-0.39, 0.29) is 23.6 Å². The summed E-state index contributed by atoms with van der Waals surface area (Å²) < 4.78 is 0. The van der Waals surface area contributed by atoms with Gasteiger partial charge in [-0.05, 0) is 38.0 Å². The molecule has 1 aromatic rings. The standard InChI is InChI=1S/C17H27N5O2/c1-11-12(2)19-17(20-16(18-11)21(3)4)22(5)9-8-13-6-7-14(23)15(24)10-13/h6-7,10-12,23-24H,8-9H2,1-5H3,(H,18,19,20). The minimum Gasteiger partial charge on any atom is -0.504 e. The number of hydrogen-bond acceptors (Lipinski definition) is 7. The molecule has 0 aromatic heterocycles. The Morgan fingerprint density at radius 1 is 1.00 bits per heavy atom. The van der Waals surface area contributed by atoms with E-state index in [0.717, 1.165) is 30.4 Å². The Bertz CT molecular complexity index is 642. The molecule has 3 N–H and O–H groups in total. The van der Waals surface area contributed by atoms with E-state index < -0.39 is 0 Å². The number of nitrogens with one attached hydrogen (secondary N) is 1. The van der Waals surface area contributed by atoms with E-state index in [1.54, 1.807) is 6.07 Å². The van der Waals surface area contributed by atoms with Gasteiger partial charge in [-0.3, -0.25) is 5.32 Å². The molecule has 7 nitrogen and oxygen atoms in total. The molecule has 1 aliphatic heterocycles. The van der Waals surface area contributed by atoms with Crippen LogP contribution in [0.1, 0.15) is 19.4 Å². The Morgan fingerprint density at radius 2 is 1.62 bits per heavy atom. The minimum absolute atomic E-state index is 0.0881. The predicted octanol–water partition coefficient (Wildman–Crippen LogP) is 1.23. The van der Waals surface area contributed by atoms with Crippen LogP contribution in [0.4, 0.5) is 0 Å². The molecule has 0 radical (unpaired) electrons. The van der Waals surface area contributed by atoms with Crippen molar-refractivity contribution in [2.24, 2.45) is 9.98 Å². The highest BCUT2D eigenvalue weighted by molar-refractivity contribution is 5.99. The summed E-state index contributed by atoms with van der Waals surface area (Å²) in [5.41, 5.74) is 0.953. The van der Waals surface area contributed by atoms with Gasteiger partial charge in [0.25, 0.3) is 0 Å². The zero-order valence-corrected chi connectivity index (χ0v) is 15.0. The molecule has 24 heavy (non-hydrogen) atoms. The maximum Gasteiger partial charge on any atom is 0.200 e. The molecule has 0 saturated heterocycles. The first kappa shape index (κ1) is 17.9. The molecule has 0 spiro atoms. The van der Waals surface area contributed by atoms with Crippen molar-refractivity contribution in [1.29, 1.82) is 0 Å². The molecule has 132 valence electrons. The minimum atomic E-state index is -0.100. The van der Waals surface area contributed by atoms with Crippen molar-refractivity contribution in [2.45, 2.75) is 32.4 Å². The molecule has 2 unspecified atom stereocenters. The Hall–Kier alpha value is -2.44. The third-order valence-electron chi connectivity index (χ3n) is 4.13. The highest BCUT2D eigenvalue weighted by Crippen LogP contribution is 2.25. The maximum absolute atomic E-state index is 9.59. The topological polar surface area (TPSA) is 83.7 Å². The van der Waals surface area contributed by atoms with Crippen LogP contribution in [-0.2, 0) is 6.42 Å². The monoisotopic (exact) mass is 333 g/mol. The quantitative estimate of drug-likeness (QED) is 0.725. The SMILES string of the molecule is CC1N=C(N(C)C)NC(N(C)CCc2ccc(O)c(O)c2)=NC1C. The lowest BCUT2D eigenvalue weighted by Crippen LogP contribution is -2.47. The lowest BCUT2D eigenvalue weighted by atomic mass is 10.1. The van der Waals surface area contributed by atoms with Crippen molar-refractivity contribution < 1.29 is 10.2 Å². The van der Waals surface area contributed by atoms with Crippen LogP contribution in [-0.4, -0.2) is 71.7 Å². The van der Waals surface area contributed by atoms with Crippen molar-refractivity contribution in [2.75, 3.05) is 27.7 Å². The smallest absolute Gasteiger partial charge is 0.200 e. The van der Waals surface area contributed by atoms with E-state index in [4.69, 9.17) is 4.99 Å². The van der Waals surface area contributed by atoms with Crippen LogP contribution in [0.15, 0.2) is 28.2 Å². The number of aromatic hydroxyl groups is 2. The molecule has 2 atom stereocenters. The lowest BCUT2D eigenvalue weighted by Gasteiger charge is -2.24. The molecule has 0 fully saturated rings. The number of hydrogen-bond donors (Lipinski definition) is 3. The molecule has 1 aromatic carbocycles. The molecule has 1 aliphatic rings. The van der Waals surface area contributed by atoms with E-state index in [9.17, 15) is 10.2 Å². The number of phenolic OH excluding ortho intramolecular Hbond substituents is 2. The van der Waals surface area contributed by atoms with Crippen LogP contribution < -0.4 is 5.32 Å². The summed E-state index contributed by atoms with van der Waals surface area (Å²) in [4.78, 5) is 13.4. The van der Waals surface area contributed by atoms with Crippen LogP contribution in [0.2, 0.25) is 0 Å². The molecular formula is C17H27N5O2. The number of aliphatic imine (C=N–C) groups is 2. The first-order chi connectivity index (χ1) is 11.3. The summed E-state index contributed by atoms with van der Waals surface area (Å²) in [5, 5.41) is 22.3. The first-order valence-corrected chi connectivity index (χ1v) is 8.10. The van der Waals surface area contributed by atoms with Gasteiger partial charge in [0.1, 0.15) is 0 Å². The molecule has 0 saturated carbocycles. The number of benzene rings is 1. The summed E-state index contributed by atoms with van der Waals surface area (Å²) >= 11 is 0. The Balaban J connectivity index is 2.07. The second-order valence-corrected chi connectivity index (χ2v) is 6.40. The van der Waals surface area contributed by atoms with Crippen molar-refractivity contribution in [3.8, 4) is 11.5 Å². The highest BCUT2D eigenvalue weighted by atomic mass is 16.3. The summed E-state index contributed by atoms with van der Waals surface area (Å²) in [6.45, 7) is 4.83. The Kier molecular flexibility index (Phi) is 5.54. The van der Waals surface area contributed by atoms with Crippen LogP contribution in [0.3, 0.4) is 0 Å². The van der Waals surface area contributed by atoms with Gasteiger partial charge in [-0.15, -0.1) is 0 Å². The van der Waals surface area contributed by atoms with E-state index >= 15 is 0 Å². The molecule has 2 rings (SSSR count). The van der Waals surface area contributed by atoms with Gasteiger partial charge in [0.15, 0.2) is 11.5 Å². The number of likely N-dealkylation sites (N-methyl/N-ethyl adjacent to an activating group) is 1. The van der Waals surface area contributed by atoms with Gasteiger partial charge in [-0.2, -0.15) is 0 Å². The molecule has 0 amide bonds. The number of rotatable bonds is 3. The normalized spacial score (nSPS) is 20.5. The summed E-state index contributed by atoms with van der Waals surface area (Å²) in [7, 11) is 5.87. The van der Waals surface area contributed by atoms with Gasteiger partial charge in [-0.25, -0.2) is 9.98 Å². The summed E-state index contributed by atoms with van der Waals surface area (Å²) in [6.07, 6.45) is 0.726. The zero-order chi connectivity index (χ0) is 17.9. The highest BCUT2D eigenvalue weighted by Gasteiger charge is 2.21. The summed E-state index contributed by atoms with van der Waals surface area (Å²) in [5.74, 6) is 1.38. The zero-order valence-electron chi connectivity index (χ0n) is 15.0. The first-order valence-electron chi connectivity index (χ1n) is 8.10. The van der Waals surface area contributed by atoms with Gasteiger partial charge in [0, 0.05) is 27.7 Å². The van der Waals surface area contributed by atoms with Gasteiger partial charge in [-0.1, -0.05) is 6.07 Å². The predicted molar refractivity (Wildman–Crippen MR) is 96.7 cm³/mol. The van der Waals surface area contributed by atoms with Crippen LogP contribution in [0.5, 0.6) is 11.5 Å². The fourth-order valence-electron chi connectivity index (χ4n) is 2.31. The van der Waals surface area contributed by atoms with Crippen molar-refractivity contribution >= 4 is 11.9 Å². The van der Waals surface area contributed by atoms with Gasteiger partial charge >= 0.3 is 0 Å². The second-order valence-electron chi connectivity index (χ2n) is 6.40. The number of guanidine groups is 2. The molecule has 1 heterocycles. The Morgan fingerprint density at radius 3 is 2.21 bits per heavy atom. The molecule has 0 aliphatic carbocycles. The summed E-state index contributed by atoms with van der Waals surface area (Å²) in [6, 6.07) is 5.10. The van der Waals surface area contributed by atoms with Crippen molar-refractivity contribution in [3.05, 3.63) is 23.8 Å². The van der Waals surface area contributed by atoms with Crippen LogP contribution in [0.25, 0.3) is 0 Å². The van der Waals surface area contributed by atoms with Crippen molar-refractivity contribution in [3.63, 3.8) is 0 Å². The van der Waals surface area contributed by atoms with Gasteiger partial charge < -0.3 is 20.0 Å². The fraction of sp³-hybridized carbons (Fsp3) is 0.529. The molecule has 7 heteroatoms. The Labute approximate surface area is 143 Å².